The molecule has 0 unspecified atom stereocenters. The number of carbonyl (C=O) groups is 2. The number of nitrogens with one attached hydrogen (secondary N) is 2. The molecule has 2 N–H and O–H groups in total. The molecule has 0 radical (unpaired) electrons. The molecular formula is C12H9FN2O3. The fraction of sp³-hybridized carbons (Fsp3) is 0. The molecule has 5 nitrogen and oxygen atoms in total. The molecule has 0 aliphatic heterocycles. The van der Waals surface area contributed by atoms with E-state index in [4.69, 9.17) is 4.42 Å². The summed E-state index contributed by atoms with van der Waals surface area (Å²) < 4.78 is 18.0. The van der Waals surface area contributed by atoms with Crippen LogP contribution in [0.1, 0.15) is 10.6 Å². The molecular weight excluding hydrogens is 239 g/mol. The summed E-state index contributed by atoms with van der Waals surface area (Å²) in [6.07, 6.45) is 1.31. The van der Waals surface area contributed by atoms with Gasteiger partial charge in [0.05, 0.1) is 12.0 Å². The van der Waals surface area contributed by atoms with E-state index in [9.17, 15) is 14.0 Å². The molecule has 1 heterocycles. The zero-order valence-electron chi connectivity index (χ0n) is 9.14. The summed E-state index contributed by atoms with van der Waals surface area (Å²) in [6.45, 7) is 0. The van der Waals surface area contributed by atoms with Gasteiger partial charge in [0.25, 0.3) is 5.91 Å². The number of furan rings is 1. The van der Waals surface area contributed by atoms with Crippen LogP contribution in [0.4, 0.5) is 14.9 Å². The lowest BCUT2D eigenvalue weighted by molar-refractivity contribution is 0.0940. The lowest BCUT2D eigenvalue weighted by atomic mass is 10.3. The minimum atomic E-state index is -0.832. The molecule has 0 spiro atoms. The van der Waals surface area contributed by atoms with Crippen molar-refractivity contribution in [2.45, 2.75) is 0 Å². The van der Waals surface area contributed by atoms with Gasteiger partial charge in [0.2, 0.25) is 0 Å². The Bertz CT molecular complexity index is 566. The van der Waals surface area contributed by atoms with Crippen LogP contribution in [0, 0.1) is 5.82 Å². The van der Waals surface area contributed by atoms with Crippen molar-refractivity contribution in [1.29, 1.82) is 0 Å². The number of para-hydroxylation sites is 1. The Morgan fingerprint density at radius 1 is 1.11 bits per heavy atom. The molecule has 6 heteroatoms. The van der Waals surface area contributed by atoms with Crippen LogP contribution < -0.4 is 10.6 Å². The molecule has 0 aliphatic rings. The van der Waals surface area contributed by atoms with E-state index in [1.165, 1.54) is 36.6 Å². The van der Waals surface area contributed by atoms with E-state index in [2.05, 4.69) is 5.32 Å². The highest BCUT2D eigenvalue weighted by Gasteiger charge is 2.13. The van der Waals surface area contributed by atoms with Crippen molar-refractivity contribution in [2.24, 2.45) is 0 Å². The van der Waals surface area contributed by atoms with Crippen LogP contribution in [0.5, 0.6) is 0 Å². The van der Waals surface area contributed by atoms with E-state index < -0.39 is 17.8 Å². The van der Waals surface area contributed by atoms with E-state index in [0.29, 0.717) is 0 Å². The van der Waals surface area contributed by atoms with Gasteiger partial charge in [-0.05, 0) is 24.3 Å². The zero-order valence-corrected chi connectivity index (χ0v) is 9.14. The molecule has 0 saturated heterocycles. The number of urea groups is 1. The number of hydrogen-bond acceptors (Lipinski definition) is 3. The molecule has 0 saturated carbocycles. The van der Waals surface area contributed by atoms with Gasteiger partial charge in [-0.2, -0.15) is 0 Å². The fourth-order valence-electron chi connectivity index (χ4n) is 1.29. The first kappa shape index (κ1) is 11.8. The number of rotatable bonds is 2. The third-order valence-corrected chi connectivity index (χ3v) is 2.09. The van der Waals surface area contributed by atoms with E-state index in [1.54, 1.807) is 6.07 Å². The zero-order chi connectivity index (χ0) is 13.0. The Morgan fingerprint density at radius 2 is 1.89 bits per heavy atom. The smallest absolute Gasteiger partial charge is 0.326 e. The highest BCUT2D eigenvalue weighted by atomic mass is 19.1. The molecule has 0 fully saturated rings. The normalized spacial score (nSPS) is 9.83. The van der Waals surface area contributed by atoms with Gasteiger partial charge >= 0.3 is 6.03 Å². The van der Waals surface area contributed by atoms with Gasteiger partial charge in [-0.25, -0.2) is 9.18 Å². The predicted molar refractivity (Wildman–Crippen MR) is 61.6 cm³/mol. The maximum Gasteiger partial charge on any atom is 0.326 e. The van der Waals surface area contributed by atoms with Gasteiger partial charge < -0.3 is 9.73 Å². The summed E-state index contributed by atoms with van der Waals surface area (Å²) >= 11 is 0. The molecule has 18 heavy (non-hydrogen) atoms. The van der Waals surface area contributed by atoms with Crippen molar-refractivity contribution in [3.63, 3.8) is 0 Å². The molecule has 3 amide bonds. The van der Waals surface area contributed by atoms with E-state index in [0.717, 1.165) is 0 Å². The first-order chi connectivity index (χ1) is 8.66. The minimum absolute atomic E-state index is 0.00122. The summed E-state index contributed by atoms with van der Waals surface area (Å²) in [6, 6.07) is 7.73. The van der Waals surface area contributed by atoms with E-state index >= 15 is 0 Å². The molecule has 0 bridgehead atoms. The average molecular weight is 248 g/mol. The van der Waals surface area contributed by atoms with Crippen molar-refractivity contribution >= 4 is 17.6 Å². The Morgan fingerprint density at radius 3 is 2.56 bits per heavy atom. The monoisotopic (exact) mass is 248 g/mol. The third-order valence-electron chi connectivity index (χ3n) is 2.09. The van der Waals surface area contributed by atoms with Crippen LogP contribution in [0.3, 0.4) is 0 Å². The number of carbonyl (C=O) groups excluding carboxylic acids is 2. The molecule has 0 atom stereocenters. The quantitative estimate of drug-likeness (QED) is 0.857. The third kappa shape index (κ3) is 2.73. The molecule has 1 aromatic carbocycles. The van der Waals surface area contributed by atoms with Crippen LogP contribution in [0.2, 0.25) is 0 Å². The van der Waals surface area contributed by atoms with Gasteiger partial charge in [-0.15, -0.1) is 0 Å². The number of imide groups is 1. The Balaban J connectivity index is 1.98. The molecule has 0 aliphatic carbocycles. The number of hydrogen-bond donors (Lipinski definition) is 2. The topological polar surface area (TPSA) is 71.3 Å². The first-order valence-corrected chi connectivity index (χ1v) is 5.07. The summed E-state index contributed by atoms with van der Waals surface area (Å²) in [5.41, 5.74) is -0.0118. The van der Waals surface area contributed by atoms with Gasteiger partial charge in [-0.1, -0.05) is 12.1 Å². The SMILES string of the molecule is O=C(NC(=O)c1ccco1)Nc1ccccc1F. The van der Waals surface area contributed by atoms with Crippen LogP contribution in [0.25, 0.3) is 0 Å². The highest BCUT2D eigenvalue weighted by molar-refractivity contribution is 6.06. The fourth-order valence-corrected chi connectivity index (χ4v) is 1.29. The van der Waals surface area contributed by atoms with E-state index in [1.807, 2.05) is 5.32 Å². The first-order valence-electron chi connectivity index (χ1n) is 5.07. The van der Waals surface area contributed by atoms with Crippen LogP contribution in [0.15, 0.2) is 47.1 Å². The highest BCUT2D eigenvalue weighted by Crippen LogP contribution is 2.11. The molecule has 2 aromatic rings. The van der Waals surface area contributed by atoms with Crippen LogP contribution in [-0.4, -0.2) is 11.9 Å². The lowest BCUT2D eigenvalue weighted by Crippen LogP contribution is -2.34. The second kappa shape index (κ2) is 5.13. The number of halogens is 1. The standard InChI is InChI=1S/C12H9FN2O3/c13-8-4-1-2-5-9(8)14-12(17)15-11(16)10-6-3-7-18-10/h1-7H,(H2,14,15,16,17). The van der Waals surface area contributed by atoms with Crippen molar-refractivity contribution in [3.8, 4) is 0 Å². The molecule has 2 rings (SSSR count). The lowest BCUT2D eigenvalue weighted by Gasteiger charge is -2.06. The van der Waals surface area contributed by atoms with Crippen LogP contribution in [-0.2, 0) is 0 Å². The predicted octanol–water partition coefficient (Wildman–Crippen LogP) is 2.38. The Kier molecular flexibility index (Phi) is 3.38. The number of amides is 3. The second-order valence-electron chi connectivity index (χ2n) is 3.37. The summed E-state index contributed by atoms with van der Waals surface area (Å²) in [7, 11) is 0. The van der Waals surface area contributed by atoms with Crippen molar-refractivity contribution < 1.29 is 18.4 Å². The van der Waals surface area contributed by atoms with Crippen molar-refractivity contribution in [2.75, 3.05) is 5.32 Å². The Hall–Kier alpha value is -2.63. The summed E-state index contributed by atoms with van der Waals surface area (Å²) in [5.74, 6) is -1.29. The average Bonchev–Trinajstić information content (AvgIpc) is 2.85. The maximum absolute atomic E-state index is 13.2. The summed E-state index contributed by atoms with van der Waals surface area (Å²) in [4.78, 5) is 22.9. The van der Waals surface area contributed by atoms with Crippen LogP contribution >= 0.6 is 0 Å². The van der Waals surface area contributed by atoms with Gasteiger partial charge in [0.15, 0.2) is 5.76 Å². The molecule has 92 valence electrons. The second-order valence-corrected chi connectivity index (χ2v) is 3.37. The number of benzene rings is 1. The maximum atomic E-state index is 13.2. The minimum Gasteiger partial charge on any atom is -0.459 e. The van der Waals surface area contributed by atoms with Gasteiger partial charge in [0, 0.05) is 0 Å². The van der Waals surface area contributed by atoms with Gasteiger partial charge in [0.1, 0.15) is 5.82 Å². The molecule has 1 aromatic heterocycles. The Labute approximate surface area is 102 Å². The van der Waals surface area contributed by atoms with E-state index in [-0.39, 0.29) is 11.4 Å². The summed E-state index contributed by atoms with van der Waals surface area (Å²) in [5, 5.41) is 4.22. The van der Waals surface area contributed by atoms with Crippen molar-refractivity contribution in [1.82, 2.24) is 5.32 Å². The number of anilines is 1. The van der Waals surface area contributed by atoms with Crippen molar-refractivity contribution in [3.05, 3.63) is 54.2 Å². The van der Waals surface area contributed by atoms with Gasteiger partial charge in [-0.3, -0.25) is 10.1 Å². The largest absolute Gasteiger partial charge is 0.459 e.